The largest absolute Gasteiger partial charge is 0.324 e. The minimum absolute atomic E-state index is 0.361. The lowest BCUT2D eigenvalue weighted by Gasteiger charge is -2.14. The van der Waals surface area contributed by atoms with E-state index in [4.69, 9.17) is 5.73 Å². The number of hydrogen-bond acceptors (Lipinski definition) is 2. The lowest BCUT2D eigenvalue weighted by molar-refractivity contribution is -0.117. The molecule has 2 aromatic carbocycles. The van der Waals surface area contributed by atoms with E-state index in [1.807, 2.05) is 18.2 Å². The van der Waals surface area contributed by atoms with Gasteiger partial charge in [-0.1, -0.05) is 36.4 Å². The number of benzene rings is 2. The minimum Gasteiger partial charge on any atom is -0.324 e. The SMILES string of the molecule is Cc1ccc(F)cc1NC(=O)[C@@H](N)c1ccccc1. The summed E-state index contributed by atoms with van der Waals surface area (Å²) >= 11 is 0. The van der Waals surface area contributed by atoms with Crippen molar-refractivity contribution < 1.29 is 9.18 Å². The summed E-state index contributed by atoms with van der Waals surface area (Å²) < 4.78 is 13.1. The number of aryl methyl sites for hydroxylation is 1. The van der Waals surface area contributed by atoms with Crippen LogP contribution >= 0.6 is 0 Å². The molecule has 0 saturated heterocycles. The Morgan fingerprint density at radius 1 is 1.21 bits per heavy atom. The minimum atomic E-state index is -0.774. The molecule has 3 nitrogen and oxygen atoms in total. The van der Waals surface area contributed by atoms with Crippen molar-refractivity contribution in [3.8, 4) is 0 Å². The van der Waals surface area contributed by atoms with Crippen LogP contribution in [0.15, 0.2) is 48.5 Å². The highest BCUT2D eigenvalue weighted by Gasteiger charge is 2.16. The zero-order valence-electron chi connectivity index (χ0n) is 10.6. The summed E-state index contributed by atoms with van der Waals surface area (Å²) in [5.74, 6) is -0.755. The van der Waals surface area contributed by atoms with E-state index in [0.717, 1.165) is 5.56 Å². The van der Waals surface area contributed by atoms with Crippen LogP contribution in [-0.2, 0) is 4.79 Å². The summed E-state index contributed by atoms with van der Waals surface area (Å²) in [7, 11) is 0. The summed E-state index contributed by atoms with van der Waals surface area (Å²) in [5.41, 5.74) is 7.81. The number of carbonyl (C=O) groups excluding carboxylic acids is 1. The van der Waals surface area contributed by atoms with E-state index in [9.17, 15) is 9.18 Å². The van der Waals surface area contributed by atoms with Gasteiger partial charge >= 0.3 is 0 Å². The van der Waals surface area contributed by atoms with Crippen LogP contribution in [0.25, 0.3) is 0 Å². The van der Waals surface area contributed by atoms with Crippen molar-refractivity contribution in [3.05, 3.63) is 65.5 Å². The molecular weight excluding hydrogens is 243 g/mol. The van der Waals surface area contributed by atoms with E-state index in [2.05, 4.69) is 5.32 Å². The fraction of sp³-hybridized carbons (Fsp3) is 0.133. The molecule has 0 unspecified atom stereocenters. The quantitative estimate of drug-likeness (QED) is 0.889. The van der Waals surface area contributed by atoms with Gasteiger partial charge in [-0.05, 0) is 30.2 Å². The Labute approximate surface area is 111 Å². The molecule has 0 spiro atoms. The first-order chi connectivity index (χ1) is 9.08. The molecule has 0 saturated carbocycles. The van der Waals surface area contributed by atoms with Gasteiger partial charge in [0, 0.05) is 5.69 Å². The molecule has 2 rings (SSSR count). The maximum atomic E-state index is 13.1. The Morgan fingerprint density at radius 2 is 1.89 bits per heavy atom. The third kappa shape index (κ3) is 3.17. The van der Waals surface area contributed by atoms with E-state index in [1.54, 1.807) is 25.1 Å². The molecule has 0 heterocycles. The molecule has 1 amide bonds. The van der Waals surface area contributed by atoms with Crippen LogP contribution in [-0.4, -0.2) is 5.91 Å². The van der Waals surface area contributed by atoms with Gasteiger partial charge in [-0.3, -0.25) is 4.79 Å². The van der Waals surface area contributed by atoms with Gasteiger partial charge in [-0.2, -0.15) is 0 Å². The van der Waals surface area contributed by atoms with Crippen LogP contribution in [0.5, 0.6) is 0 Å². The van der Waals surface area contributed by atoms with Crippen molar-refractivity contribution in [2.24, 2.45) is 5.73 Å². The Bertz CT molecular complexity index is 584. The molecule has 0 aliphatic rings. The summed E-state index contributed by atoms with van der Waals surface area (Å²) in [6.45, 7) is 1.79. The van der Waals surface area contributed by atoms with Gasteiger partial charge in [-0.25, -0.2) is 4.39 Å². The van der Waals surface area contributed by atoms with Crippen LogP contribution in [0.1, 0.15) is 17.2 Å². The zero-order chi connectivity index (χ0) is 13.8. The van der Waals surface area contributed by atoms with Gasteiger partial charge in [-0.15, -0.1) is 0 Å². The fourth-order valence-electron chi connectivity index (χ4n) is 1.75. The van der Waals surface area contributed by atoms with Crippen molar-refractivity contribution >= 4 is 11.6 Å². The van der Waals surface area contributed by atoms with E-state index in [0.29, 0.717) is 11.3 Å². The molecule has 0 aliphatic carbocycles. The molecular formula is C15H15FN2O. The first-order valence-electron chi connectivity index (χ1n) is 5.95. The molecule has 1 atom stereocenters. The number of amides is 1. The summed E-state index contributed by atoms with van der Waals surface area (Å²) in [6.07, 6.45) is 0. The smallest absolute Gasteiger partial charge is 0.245 e. The standard InChI is InChI=1S/C15H15FN2O/c1-10-7-8-12(16)9-13(10)18-15(19)14(17)11-5-3-2-4-6-11/h2-9,14H,17H2,1H3,(H,18,19)/t14-/m0/s1. The maximum Gasteiger partial charge on any atom is 0.245 e. The van der Waals surface area contributed by atoms with Crippen LogP contribution in [0.4, 0.5) is 10.1 Å². The van der Waals surface area contributed by atoms with Crippen molar-refractivity contribution in [2.75, 3.05) is 5.32 Å². The number of nitrogens with one attached hydrogen (secondary N) is 1. The van der Waals surface area contributed by atoms with Gasteiger partial charge in [0.1, 0.15) is 11.9 Å². The molecule has 0 fully saturated rings. The van der Waals surface area contributed by atoms with E-state index < -0.39 is 11.9 Å². The van der Waals surface area contributed by atoms with Crippen molar-refractivity contribution in [1.82, 2.24) is 0 Å². The second-order valence-corrected chi connectivity index (χ2v) is 4.34. The van der Waals surface area contributed by atoms with Crippen LogP contribution in [0.2, 0.25) is 0 Å². The van der Waals surface area contributed by atoms with Crippen molar-refractivity contribution in [2.45, 2.75) is 13.0 Å². The van der Waals surface area contributed by atoms with Gasteiger partial charge in [0.2, 0.25) is 5.91 Å². The second kappa shape index (κ2) is 5.63. The molecule has 3 N–H and O–H groups in total. The highest BCUT2D eigenvalue weighted by Crippen LogP contribution is 2.18. The Hall–Kier alpha value is -2.20. The summed E-state index contributed by atoms with van der Waals surface area (Å²) in [4.78, 5) is 12.0. The van der Waals surface area contributed by atoms with E-state index >= 15 is 0 Å². The second-order valence-electron chi connectivity index (χ2n) is 4.34. The zero-order valence-corrected chi connectivity index (χ0v) is 10.6. The number of nitrogens with two attached hydrogens (primary N) is 1. The van der Waals surface area contributed by atoms with E-state index in [-0.39, 0.29) is 5.91 Å². The number of carbonyl (C=O) groups is 1. The van der Waals surface area contributed by atoms with Crippen molar-refractivity contribution in [3.63, 3.8) is 0 Å². The molecule has 4 heteroatoms. The number of anilines is 1. The Kier molecular flexibility index (Phi) is 3.92. The van der Waals surface area contributed by atoms with Crippen LogP contribution in [0.3, 0.4) is 0 Å². The van der Waals surface area contributed by atoms with Gasteiger partial charge in [0.25, 0.3) is 0 Å². The number of halogens is 1. The topological polar surface area (TPSA) is 55.1 Å². The molecule has 19 heavy (non-hydrogen) atoms. The Balaban J connectivity index is 2.15. The first-order valence-corrected chi connectivity index (χ1v) is 5.95. The van der Waals surface area contributed by atoms with Crippen LogP contribution in [0, 0.1) is 12.7 Å². The monoisotopic (exact) mass is 258 g/mol. The highest BCUT2D eigenvalue weighted by molar-refractivity contribution is 5.95. The lowest BCUT2D eigenvalue weighted by Crippen LogP contribution is -2.28. The predicted octanol–water partition coefficient (Wildman–Crippen LogP) is 2.77. The summed E-state index contributed by atoms with van der Waals surface area (Å²) in [6, 6.07) is 12.5. The average Bonchev–Trinajstić information content (AvgIpc) is 2.43. The first kappa shape index (κ1) is 13.2. The lowest BCUT2D eigenvalue weighted by atomic mass is 10.1. The van der Waals surface area contributed by atoms with Gasteiger partial charge in [0.15, 0.2) is 0 Å². The van der Waals surface area contributed by atoms with Gasteiger partial charge < -0.3 is 11.1 Å². The average molecular weight is 258 g/mol. The fourth-order valence-corrected chi connectivity index (χ4v) is 1.75. The third-order valence-corrected chi connectivity index (χ3v) is 2.90. The summed E-state index contributed by atoms with van der Waals surface area (Å²) in [5, 5.41) is 2.65. The number of hydrogen-bond donors (Lipinski definition) is 2. The van der Waals surface area contributed by atoms with Crippen LogP contribution < -0.4 is 11.1 Å². The molecule has 0 aromatic heterocycles. The molecule has 0 aliphatic heterocycles. The third-order valence-electron chi connectivity index (χ3n) is 2.90. The number of rotatable bonds is 3. The van der Waals surface area contributed by atoms with E-state index in [1.165, 1.54) is 12.1 Å². The highest BCUT2D eigenvalue weighted by atomic mass is 19.1. The Morgan fingerprint density at radius 3 is 2.58 bits per heavy atom. The molecule has 0 bridgehead atoms. The van der Waals surface area contributed by atoms with Gasteiger partial charge in [0.05, 0.1) is 0 Å². The molecule has 0 radical (unpaired) electrons. The molecule has 98 valence electrons. The molecule has 2 aromatic rings. The normalized spacial score (nSPS) is 11.9. The van der Waals surface area contributed by atoms with Crippen molar-refractivity contribution in [1.29, 1.82) is 0 Å². The maximum absolute atomic E-state index is 13.1. The predicted molar refractivity (Wildman–Crippen MR) is 73.1 cm³/mol.